The number of pyridine rings is 1. The third-order valence-electron chi connectivity index (χ3n) is 8.16. The zero-order valence-electron chi connectivity index (χ0n) is 21.5. The third-order valence-corrected chi connectivity index (χ3v) is 8.16. The molecule has 0 N–H and O–H groups in total. The van der Waals surface area contributed by atoms with Crippen LogP contribution in [0, 0.1) is 0 Å². The van der Waals surface area contributed by atoms with E-state index in [0.29, 0.717) is 19.5 Å². The van der Waals surface area contributed by atoms with Crippen molar-refractivity contribution >= 4 is 11.7 Å². The van der Waals surface area contributed by atoms with Gasteiger partial charge in [-0.25, -0.2) is 0 Å². The third kappa shape index (κ3) is 4.98. The fourth-order valence-corrected chi connectivity index (χ4v) is 5.90. The van der Waals surface area contributed by atoms with Crippen molar-refractivity contribution in [1.29, 1.82) is 0 Å². The fraction of sp³-hybridized carbons (Fsp3) is 0.433. The van der Waals surface area contributed by atoms with E-state index in [1.807, 2.05) is 29.2 Å². The van der Waals surface area contributed by atoms with Gasteiger partial charge in [0, 0.05) is 80.7 Å². The van der Waals surface area contributed by atoms with Gasteiger partial charge in [0.2, 0.25) is 5.91 Å². The van der Waals surface area contributed by atoms with Crippen LogP contribution in [0.5, 0.6) is 0 Å². The number of furan rings is 1. The number of aryl methyl sites for hydroxylation is 1. The van der Waals surface area contributed by atoms with Crippen molar-refractivity contribution in [2.24, 2.45) is 0 Å². The van der Waals surface area contributed by atoms with Gasteiger partial charge in [-0.05, 0) is 55.6 Å². The number of piperazine rings is 1. The highest BCUT2D eigenvalue weighted by atomic mass is 16.3. The maximum atomic E-state index is 13.2. The van der Waals surface area contributed by atoms with E-state index < -0.39 is 0 Å². The minimum Gasteiger partial charge on any atom is -0.460 e. The number of hydrogen-bond acceptors (Lipinski definition) is 6. The lowest BCUT2D eigenvalue weighted by molar-refractivity contribution is -0.134. The molecule has 0 spiro atoms. The van der Waals surface area contributed by atoms with Crippen LogP contribution in [0.4, 0.5) is 0 Å². The Morgan fingerprint density at radius 1 is 0.973 bits per heavy atom. The second kappa shape index (κ2) is 10.2. The maximum absolute atomic E-state index is 13.2. The molecule has 192 valence electrons. The van der Waals surface area contributed by atoms with E-state index in [1.54, 1.807) is 12.4 Å². The number of carbonyl (C=O) groups excluding carboxylic acids is 2. The number of benzene rings is 1. The first kappa shape index (κ1) is 24.1. The monoisotopic (exact) mass is 498 g/mol. The molecular formula is C30H34N4O3. The molecule has 37 heavy (non-hydrogen) atoms. The number of nitrogens with zero attached hydrogens (tertiary/aromatic N) is 4. The van der Waals surface area contributed by atoms with Gasteiger partial charge < -0.3 is 14.2 Å². The van der Waals surface area contributed by atoms with Gasteiger partial charge in [0.1, 0.15) is 11.5 Å². The molecule has 2 saturated heterocycles. The van der Waals surface area contributed by atoms with E-state index in [9.17, 15) is 9.59 Å². The number of likely N-dealkylation sites (N-methyl/N-ethyl adjacent to an activating group) is 1. The quantitative estimate of drug-likeness (QED) is 0.528. The molecule has 1 unspecified atom stereocenters. The van der Waals surface area contributed by atoms with Crippen LogP contribution in [0.15, 0.2) is 53.2 Å². The summed E-state index contributed by atoms with van der Waals surface area (Å²) in [5.41, 5.74) is 5.04. The minimum absolute atomic E-state index is 0.163. The molecule has 1 atom stereocenters. The number of amides is 1. The molecule has 1 aliphatic carbocycles. The van der Waals surface area contributed by atoms with Crippen LogP contribution in [0.1, 0.15) is 46.9 Å². The van der Waals surface area contributed by atoms with Gasteiger partial charge in [-0.1, -0.05) is 18.2 Å². The summed E-state index contributed by atoms with van der Waals surface area (Å²) >= 11 is 0. The van der Waals surface area contributed by atoms with Gasteiger partial charge in [0.15, 0.2) is 5.78 Å². The van der Waals surface area contributed by atoms with E-state index in [1.165, 1.54) is 0 Å². The van der Waals surface area contributed by atoms with Crippen LogP contribution in [-0.4, -0.2) is 84.2 Å². The summed E-state index contributed by atoms with van der Waals surface area (Å²) in [6, 6.07) is 12.2. The van der Waals surface area contributed by atoms with Gasteiger partial charge in [-0.3, -0.25) is 19.5 Å². The second-order valence-electron chi connectivity index (χ2n) is 10.7. The van der Waals surface area contributed by atoms with E-state index in [4.69, 9.17) is 4.42 Å². The topological polar surface area (TPSA) is 69.9 Å². The van der Waals surface area contributed by atoms with E-state index >= 15 is 0 Å². The molecule has 2 aliphatic heterocycles. The number of aromatic nitrogens is 1. The van der Waals surface area contributed by atoms with E-state index in [2.05, 4.69) is 34.0 Å². The predicted octanol–water partition coefficient (Wildman–Crippen LogP) is 4.09. The van der Waals surface area contributed by atoms with Crippen molar-refractivity contribution in [3.63, 3.8) is 0 Å². The average Bonchev–Trinajstić information content (AvgIpc) is 3.54. The van der Waals surface area contributed by atoms with Crippen LogP contribution in [0.2, 0.25) is 0 Å². The number of Topliss-reactive ketones (excluding diaryl/α,β-unsaturated/α-hetero) is 1. The largest absolute Gasteiger partial charge is 0.460 e. The number of carbonyl (C=O) groups is 2. The molecule has 0 saturated carbocycles. The van der Waals surface area contributed by atoms with Crippen LogP contribution in [0.3, 0.4) is 0 Å². The van der Waals surface area contributed by atoms with Gasteiger partial charge >= 0.3 is 0 Å². The summed E-state index contributed by atoms with van der Waals surface area (Å²) in [6.07, 6.45) is 6.92. The first-order valence-electron chi connectivity index (χ1n) is 13.4. The number of ketones is 1. The summed E-state index contributed by atoms with van der Waals surface area (Å²) < 4.78 is 6.58. The van der Waals surface area contributed by atoms with Crippen LogP contribution in [-0.2, 0) is 11.2 Å². The van der Waals surface area contributed by atoms with Crippen molar-refractivity contribution in [1.82, 2.24) is 19.7 Å². The highest BCUT2D eigenvalue weighted by Gasteiger charge is 2.30. The first-order chi connectivity index (χ1) is 18.0. The predicted molar refractivity (Wildman–Crippen MR) is 143 cm³/mol. The second-order valence-corrected chi connectivity index (χ2v) is 10.7. The van der Waals surface area contributed by atoms with Crippen molar-refractivity contribution in [2.75, 3.05) is 52.9 Å². The average molecular weight is 499 g/mol. The Kier molecular flexibility index (Phi) is 6.65. The highest BCUT2D eigenvalue weighted by molar-refractivity contribution is 6.01. The molecule has 7 heteroatoms. The Hall–Kier alpha value is -3.29. The zero-order valence-corrected chi connectivity index (χ0v) is 21.5. The number of likely N-dealkylation sites (tertiary alicyclic amines) is 1. The summed E-state index contributed by atoms with van der Waals surface area (Å²) in [5.74, 6) is 2.36. The summed E-state index contributed by atoms with van der Waals surface area (Å²) in [4.78, 5) is 36.1. The van der Waals surface area contributed by atoms with E-state index in [-0.39, 0.29) is 17.6 Å². The molecule has 4 heterocycles. The summed E-state index contributed by atoms with van der Waals surface area (Å²) in [7, 11) is 2.13. The van der Waals surface area contributed by atoms with Crippen LogP contribution >= 0.6 is 0 Å². The number of piperidine rings is 1. The number of hydrogen-bond donors (Lipinski definition) is 0. The lowest BCUT2D eigenvalue weighted by Gasteiger charge is -2.36. The molecule has 2 aromatic heterocycles. The fourth-order valence-electron chi connectivity index (χ4n) is 5.90. The first-order valence-corrected chi connectivity index (χ1v) is 13.4. The van der Waals surface area contributed by atoms with Crippen molar-refractivity contribution < 1.29 is 14.0 Å². The normalized spacial score (nSPS) is 20.8. The van der Waals surface area contributed by atoms with Crippen molar-refractivity contribution in [3.05, 3.63) is 65.7 Å². The molecular weight excluding hydrogens is 464 g/mol. The number of fused-ring (bicyclic) bond motifs is 1. The molecule has 0 radical (unpaired) electrons. The Bertz CT molecular complexity index is 1290. The smallest absolute Gasteiger partial charge is 0.236 e. The highest BCUT2D eigenvalue weighted by Crippen LogP contribution is 2.40. The molecule has 3 aromatic rings. The van der Waals surface area contributed by atoms with Crippen molar-refractivity contribution in [2.45, 2.75) is 31.6 Å². The minimum atomic E-state index is 0.163. The van der Waals surface area contributed by atoms with Gasteiger partial charge in [0.25, 0.3) is 0 Å². The van der Waals surface area contributed by atoms with Crippen LogP contribution in [0.25, 0.3) is 22.5 Å². The Balaban J connectivity index is 1.26. The van der Waals surface area contributed by atoms with Crippen LogP contribution < -0.4 is 0 Å². The Labute approximate surface area is 218 Å². The van der Waals surface area contributed by atoms with E-state index in [0.717, 1.165) is 91.3 Å². The Morgan fingerprint density at radius 3 is 2.59 bits per heavy atom. The van der Waals surface area contributed by atoms with Crippen molar-refractivity contribution in [3.8, 4) is 22.5 Å². The molecule has 1 amide bonds. The molecule has 1 aromatic carbocycles. The lowest BCUT2D eigenvalue weighted by atomic mass is 9.93. The standard InChI is InChI=1S/C30H34N4O3/c1-32-13-15-33(16-14-32)20-29(36)34-12-2-3-24(19-34)28-18-26(30(37-28)21-8-10-31-11-9-21)23-4-6-25-22(17-23)5-7-27(25)35/h4,6,8-11,17-18,24H,2-3,5,7,12-16,19-20H2,1H3. The number of rotatable bonds is 5. The molecule has 2 fully saturated rings. The molecule has 7 nitrogen and oxygen atoms in total. The molecule has 0 bridgehead atoms. The van der Waals surface area contributed by atoms with Gasteiger partial charge in [0.05, 0.1) is 6.54 Å². The summed E-state index contributed by atoms with van der Waals surface area (Å²) in [5, 5.41) is 0. The SMILES string of the molecule is CN1CCN(CC(=O)N2CCCC(c3cc(-c4ccc5c(c4)CCC5=O)c(-c4ccncc4)o3)C2)CC1. The lowest BCUT2D eigenvalue weighted by Crippen LogP contribution is -2.50. The zero-order chi connectivity index (χ0) is 25.4. The maximum Gasteiger partial charge on any atom is 0.236 e. The molecule has 3 aliphatic rings. The van der Waals surface area contributed by atoms with Gasteiger partial charge in [-0.2, -0.15) is 0 Å². The van der Waals surface area contributed by atoms with Gasteiger partial charge in [-0.15, -0.1) is 0 Å². The Morgan fingerprint density at radius 2 is 1.78 bits per heavy atom. The molecule has 6 rings (SSSR count). The summed E-state index contributed by atoms with van der Waals surface area (Å²) in [6.45, 7) is 5.92.